The lowest BCUT2D eigenvalue weighted by Gasteiger charge is -2.12. The molecule has 1 aromatic carbocycles. The van der Waals surface area contributed by atoms with Crippen LogP contribution in [0.4, 0.5) is 17.2 Å². The molecule has 0 saturated carbocycles. The highest BCUT2D eigenvalue weighted by Gasteiger charge is 2.05. The highest BCUT2D eigenvalue weighted by atomic mass is 35.5. The number of hydrogen-bond donors (Lipinski definition) is 2. The van der Waals surface area contributed by atoms with E-state index >= 15 is 0 Å². The largest absolute Gasteiger partial charge is 0.495 e. The van der Waals surface area contributed by atoms with Crippen LogP contribution < -0.4 is 15.4 Å². The van der Waals surface area contributed by atoms with Gasteiger partial charge in [-0.2, -0.15) is 0 Å². The molecule has 0 radical (unpaired) electrons. The SMILES string of the molecule is CCNc1cc(Nc2cc(Cl)ccc2OC)ccn1. The summed E-state index contributed by atoms with van der Waals surface area (Å²) in [5.41, 5.74) is 1.75. The molecule has 2 rings (SSSR count). The molecular weight excluding hydrogens is 262 g/mol. The normalized spacial score (nSPS) is 10.1. The zero-order chi connectivity index (χ0) is 13.7. The van der Waals surface area contributed by atoms with Crippen LogP contribution in [0, 0.1) is 0 Å². The zero-order valence-electron chi connectivity index (χ0n) is 10.9. The molecule has 2 N–H and O–H groups in total. The van der Waals surface area contributed by atoms with Crippen molar-refractivity contribution < 1.29 is 4.74 Å². The zero-order valence-corrected chi connectivity index (χ0v) is 11.7. The molecule has 0 aliphatic carbocycles. The van der Waals surface area contributed by atoms with Crippen LogP contribution in [-0.2, 0) is 0 Å². The van der Waals surface area contributed by atoms with Crippen LogP contribution in [0.25, 0.3) is 0 Å². The Morgan fingerprint density at radius 2 is 2.11 bits per heavy atom. The van der Waals surface area contributed by atoms with Gasteiger partial charge < -0.3 is 15.4 Å². The van der Waals surface area contributed by atoms with Crippen LogP contribution in [0.2, 0.25) is 5.02 Å². The first-order valence-electron chi connectivity index (χ1n) is 6.03. The molecular formula is C14H16ClN3O. The maximum atomic E-state index is 6.00. The van der Waals surface area contributed by atoms with Crippen molar-refractivity contribution in [3.8, 4) is 5.75 Å². The predicted octanol–water partition coefficient (Wildman–Crippen LogP) is 3.92. The van der Waals surface area contributed by atoms with Gasteiger partial charge in [0.05, 0.1) is 12.8 Å². The Labute approximate surface area is 117 Å². The van der Waals surface area contributed by atoms with E-state index < -0.39 is 0 Å². The summed E-state index contributed by atoms with van der Waals surface area (Å²) in [4.78, 5) is 4.22. The third kappa shape index (κ3) is 3.51. The summed E-state index contributed by atoms with van der Waals surface area (Å²) in [6, 6.07) is 9.28. The van der Waals surface area contributed by atoms with Gasteiger partial charge in [0.15, 0.2) is 0 Å². The van der Waals surface area contributed by atoms with E-state index in [1.807, 2.05) is 31.2 Å². The molecule has 5 heteroatoms. The van der Waals surface area contributed by atoms with E-state index in [0.717, 1.165) is 29.5 Å². The molecule has 1 heterocycles. The molecule has 100 valence electrons. The summed E-state index contributed by atoms with van der Waals surface area (Å²) in [6.45, 7) is 2.86. The number of anilines is 3. The van der Waals surface area contributed by atoms with E-state index in [9.17, 15) is 0 Å². The van der Waals surface area contributed by atoms with Crippen molar-refractivity contribution in [3.63, 3.8) is 0 Å². The van der Waals surface area contributed by atoms with Gasteiger partial charge >= 0.3 is 0 Å². The molecule has 0 atom stereocenters. The lowest BCUT2D eigenvalue weighted by molar-refractivity contribution is 0.417. The first-order valence-corrected chi connectivity index (χ1v) is 6.41. The molecule has 0 aliphatic heterocycles. The van der Waals surface area contributed by atoms with E-state index in [4.69, 9.17) is 16.3 Å². The number of pyridine rings is 1. The fourth-order valence-electron chi connectivity index (χ4n) is 1.72. The standard InChI is InChI=1S/C14H16ClN3O/c1-3-16-14-9-11(6-7-17-14)18-12-8-10(15)4-5-13(12)19-2/h4-9H,3H2,1-2H3,(H2,16,17,18). The highest BCUT2D eigenvalue weighted by Crippen LogP contribution is 2.30. The smallest absolute Gasteiger partial charge is 0.142 e. The second kappa shape index (κ2) is 6.29. The number of nitrogens with zero attached hydrogens (tertiary/aromatic N) is 1. The summed E-state index contributed by atoms with van der Waals surface area (Å²) in [5, 5.41) is 7.10. The van der Waals surface area contributed by atoms with Crippen molar-refractivity contribution in [3.05, 3.63) is 41.6 Å². The molecule has 0 amide bonds. The first kappa shape index (κ1) is 13.5. The maximum absolute atomic E-state index is 6.00. The molecule has 0 saturated heterocycles. The second-order valence-electron chi connectivity index (χ2n) is 3.93. The average Bonchev–Trinajstić information content (AvgIpc) is 2.40. The lowest BCUT2D eigenvalue weighted by Crippen LogP contribution is -2.00. The molecule has 19 heavy (non-hydrogen) atoms. The summed E-state index contributed by atoms with van der Waals surface area (Å²) in [7, 11) is 1.63. The van der Waals surface area contributed by atoms with E-state index in [1.165, 1.54) is 0 Å². The van der Waals surface area contributed by atoms with Gasteiger partial charge in [0, 0.05) is 29.5 Å². The van der Waals surface area contributed by atoms with Gasteiger partial charge in [-0.1, -0.05) is 11.6 Å². The van der Waals surface area contributed by atoms with Crippen molar-refractivity contribution in [2.75, 3.05) is 24.3 Å². The Hall–Kier alpha value is -1.94. The molecule has 0 spiro atoms. The predicted molar refractivity (Wildman–Crippen MR) is 79.7 cm³/mol. The first-order chi connectivity index (χ1) is 9.22. The lowest BCUT2D eigenvalue weighted by atomic mass is 10.2. The van der Waals surface area contributed by atoms with E-state index in [0.29, 0.717) is 5.02 Å². The Balaban J connectivity index is 2.25. The number of benzene rings is 1. The molecule has 1 aromatic heterocycles. The molecule has 0 unspecified atom stereocenters. The minimum atomic E-state index is 0.657. The van der Waals surface area contributed by atoms with Crippen LogP contribution in [0.3, 0.4) is 0 Å². The third-order valence-electron chi connectivity index (χ3n) is 2.56. The van der Waals surface area contributed by atoms with Crippen molar-refractivity contribution >= 4 is 28.8 Å². The number of hydrogen-bond acceptors (Lipinski definition) is 4. The van der Waals surface area contributed by atoms with E-state index in [-0.39, 0.29) is 0 Å². The Morgan fingerprint density at radius 1 is 1.26 bits per heavy atom. The fourth-order valence-corrected chi connectivity index (χ4v) is 1.89. The van der Waals surface area contributed by atoms with Gasteiger partial charge in [0.1, 0.15) is 11.6 Å². The Bertz CT molecular complexity index is 560. The van der Waals surface area contributed by atoms with Gasteiger partial charge in [0.25, 0.3) is 0 Å². The van der Waals surface area contributed by atoms with Crippen LogP contribution >= 0.6 is 11.6 Å². The minimum absolute atomic E-state index is 0.657. The van der Waals surface area contributed by atoms with E-state index in [1.54, 1.807) is 19.4 Å². The molecule has 2 aromatic rings. The summed E-state index contributed by atoms with van der Waals surface area (Å²) in [6.07, 6.45) is 1.75. The summed E-state index contributed by atoms with van der Waals surface area (Å²) >= 11 is 6.00. The molecule has 4 nitrogen and oxygen atoms in total. The fraction of sp³-hybridized carbons (Fsp3) is 0.214. The number of nitrogens with one attached hydrogen (secondary N) is 2. The Kier molecular flexibility index (Phi) is 4.47. The van der Waals surface area contributed by atoms with Crippen molar-refractivity contribution in [1.82, 2.24) is 4.98 Å². The number of aromatic nitrogens is 1. The highest BCUT2D eigenvalue weighted by molar-refractivity contribution is 6.31. The Morgan fingerprint density at radius 3 is 2.84 bits per heavy atom. The van der Waals surface area contributed by atoms with Crippen molar-refractivity contribution in [2.24, 2.45) is 0 Å². The van der Waals surface area contributed by atoms with Crippen LogP contribution in [-0.4, -0.2) is 18.6 Å². The quantitative estimate of drug-likeness (QED) is 0.870. The van der Waals surface area contributed by atoms with Gasteiger partial charge in [-0.25, -0.2) is 4.98 Å². The molecule has 0 bridgehead atoms. The maximum Gasteiger partial charge on any atom is 0.142 e. The monoisotopic (exact) mass is 277 g/mol. The average molecular weight is 278 g/mol. The second-order valence-corrected chi connectivity index (χ2v) is 4.37. The van der Waals surface area contributed by atoms with Crippen LogP contribution in [0.5, 0.6) is 5.75 Å². The molecule has 0 aliphatic rings. The van der Waals surface area contributed by atoms with E-state index in [2.05, 4.69) is 15.6 Å². The van der Waals surface area contributed by atoms with Gasteiger partial charge in [-0.3, -0.25) is 0 Å². The van der Waals surface area contributed by atoms with Crippen LogP contribution in [0.15, 0.2) is 36.5 Å². The topological polar surface area (TPSA) is 46.2 Å². The van der Waals surface area contributed by atoms with Gasteiger partial charge in [0.2, 0.25) is 0 Å². The number of methoxy groups -OCH3 is 1. The number of ether oxygens (including phenoxy) is 1. The number of rotatable bonds is 5. The van der Waals surface area contributed by atoms with Crippen LogP contribution in [0.1, 0.15) is 6.92 Å². The van der Waals surface area contributed by atoms with Crippen molar-refractivity contribution in [1.29, 1.82) is 0 Å². The van der Waals surface area contributed by atoms with Crippen molar-refractivity contribution in [2.45, 2.75) is 6.92 Å². The summed E-state index contributed by atoms with van der Waals surface area (Å²) in [5.74, 6) is 1.57. The van der Waals surface area contributed by atoms with Gasteiger partial charge in [-0.15, -0.1) is 0 Å². The minimum Gasteiger partial charge on any atom is -0.495 e. The van der Waals surface area contributed by atoms with Gasteiger partial charge in [-0.05, 0) is 31.2 Å². The third-order valence-corrected chi connectivity index (χ3v) is 2.79. The summed E-state index contributed by atoms with van der Waals surface area (Å²) < 4.78 is 5.30. The number of halogens is 1. The molecule has 0 fully saturated rings.